The van der Waals surface area contributed by atoms with Gasteiger partial charge in [0.25, 0.3) is 5.91 Å². The maximum Gasteiger partial charge on any atom is 0.255 e. The minimum atomic E-state index is -0.0719. The first kappa shape index (κ1) is 17.3. The highest BCUT2D eigenvalue weighted by Gasteiger charge is 2.19. The monoisotopic (exact) mass is 332 g/mol. The minimum Gasteiger partial charge on any atom is -0.488 e. The van der Waals surface area contributed by atoms with Crippen molar-refractivity contribution in [3.8, 4) is 5.75 Å². The minimum absolute atomic E-state index is 0. The van der Waals surface area contributed by atoms with E-state index >= 15 is 0 Å². The summed E-state index contributed by atoms with van der Waals surface area (Å²) in [5.74, 6) is 0.548. The zero-order chi connectivity index (χ0) is 15.2. The summed E-state index contributed by atoms with van der Waals surface area (Å²) in [5.41, 5.74) is 1.67. The molecule has 1 aliphatic rings. The van der Waals surface area contributed by atoms with Crippen molar-refractivity contribution in [2.24, 2.45) is 0 Å². The van der Waals surface area contributed by atoms with Crippen LogP contribution in [0.5, 0.6) is 5.75 Å². The van der Waals surface area contributed by atoms with Crippen molar-refractivity contribution in [3.63, 3.8) is 0 Å². The van der Waals surface area contributed by atoms with Crippen LogP contribution in [0, 0.1) is 0 Å². The molecular formula is C18H21ClN2O2. The average Bonchev–Trinajstić information content (AvgIpc) is 3.07. The molecule has 0 bridgehead atoms. The summed E-state index contributed by atoms with van der Waals surface area (Å²) in [6.45, 7) is 2.24. The van der Waals surface area contributed by atoms with Crippen LogP contribution in [0.4, 0.5) is 0 Å². The zero-order valence-electron chi connectivity index (χ0n) is 12.8. The van der Waals surface area contributed by atoms with E-state index in [-0.39, 0.29) is 24.4 Å². The maximum atomic E-state index is 12.4. The fraction of sp³-hybridized carbons (Fsp3) is 0.278. The largest absolute Gasteiger partial charge is 0.488 e. The molecule has 0 aromatic heterocycles. The van der Waals surface area contributed by atoms with E-state index in [1.807, 2.05) is 48.5 Å². The summed E-state index contributed by atoms with van der Waals surface area (Å²) < 4.78 is 5.83. The summed E-state index contributed by atoms with van der Waals surface area (Å²) in [7, 11) is 0. The molecule has 122 valence electrons. The Balaban J connectivity index is 0.00000192. The molecule has 5 heteroatoms. The van der Waals surface area contributed by atoms with Crippen LogP contribution in [0.2, 0.25) is 0 Å². The second-order valence-electron chi connectivity index (χ2n) is 5.43. The number of nitrogens with one attached hydrogen (secondary N) is 2. The molecule has 0 saturated carbocycles. The summed E-state index contributed by atoms with van der Waals surface area (Å²) in [6, 6.07) is 17.5. The van der Waals surface area contributed by atoms with Crippen molar-refractivity contribution in [1.29, 1.82) is 0 Å². The van der Waals surface area contributed by atoms with Gasteiger partial charge in [0.15, 0.2) is 0 Å². The van der Waals surface area contributed by atoms with Crippen LogP contribution in [0.25, 0.3) is 0 Å². The topological polar surface area (TPSA) is 50.4 Å². The Labute approximate surface area is 142 Å². The molecule has 4 nitrogen and oxygen atoms in total. The van der Waals surface area contributed by atoms with E-state index < -0.39 is 0 Å². The van der Waals surface area contributed by atoms with E-state index in [4.69, 9.17) is 4.74 Å². The maximum absolute atomic E-state index is 12.4. The lowest BCUT2D eigenvalue weighted by Crippen LogP contribution is -2.36. The van der Waals surface area contributed by atoms with Gasteiger partial charge in [0, 0.05) is 12.6 Å². The molecule has 23 heavy (non-hydrogen) atoms. The fourth-order valence-electron chi connectivity index (χ4n) is 2.56. The average molecular weight is 333 g/mol. The Morgan fingerprint density at radius 2 is 1.87 bits per heavy atom. The van der Waals surface area contributed by atoms with Gasteiger partial charge in [-0.1, -0.05) is 42.5 Å². The Morgan fingerprint density at radius 3 is 2.61 bits per heavy atom. The van der Waals surface area contributed by atoms with Gasteiger partial charge in [0.1, 0.15) is 12.4 Å². The molecule has 0 radical (unpaired) electrons. The first-order valence-electron chi connectivity index (χ1n) is 7.60. The van der Waals surface area contributed by atoms with Gasteiger partial charge in [-0.2, -0.15) is 0 Å². The van der Waals surface area contributed by atoms with Crippen molar-refractivity contribution in [1.82, 2.24) is 10.6 Å². The van der Waals surface area contributed by atoms with Crippen LogP contribution in [-0.2, 0) is 6.61 Å². The number of benzene rings is 2. The van der Waals surface area contributed by atoms with Gasteiger partial charge in [0.2, 0.25) is 0 Å². The molecule has 1 atom stereocenters. The second kappa shape index (κ2) is 8.56. The highest BCUT2D eigenvalue weighted by atomic mass is 35.5. The van der Waals surface area contributed by atoms with E-state index in [2.05, 4.69) is 10.6 Å². The predicted molar refractivity (Wildman–Crippen MR) is 93.2 cm³/mol. The van der Waals surface area contributed by atoms with Crippen LogP contribution in [0.1, 0.15) is 22.3 Å². The SMILES string of the molecule is Cl.O=C(NC1CCNC1)c1ccccc1OCc1ccccc1. The van der Waals surface area contributed by atoms with E-state index in [1.54, 1.807) is 6.07 Å². The number of carbonyl (C=O) groups excluding carboxylic acids is 1. The number of halogens is 1. The lowest BCUT2D eigenvalue weighted by atomic mass is 10.1. The second-order valence-corrected chi connectivity index (χ2v) is 5.43. The normalized spacial score (nSPS) is 16.4. The number of hydrogen-bond acceptors (Lipinski definition) is 3. The molecule has 1 amide bonds. The van der Waals surface area contributed by atoms with Gasteiger partial charge < -0.3 is 15.4 Å². The molecule has 1 aliphatic heterocycles. The lowest BCUT2D eigenvalue weighted by Gasteiger charge is -2.14. The molecule has 1 saturated heterocycles. The number of para-hydroxylation sites is 1. The van der Waals surface area contributed by atoms with Gasteiger partial charge in [-0.05, 0) is 30.7 Å². The molecule has 2 aromatic rings. The third-order valence-corrected chi connectivity index (χ3v) is 3.76. The number of hydrogen-bond donors (Lipinski definition) is 2. The number of ether oxygens (including phenoxy) is 1. The van der Waals surface area contributed by atoms with Crippen LogP contribution in [0.15, 0.2) is 54.6 Å². The van der Waals surface area contributed by atoms with Gasteiger partial charge in [-0.15, -0.1) is 12.4 Å². The van der Waals surface area contributed by atoms with Gasteiger partial charge >= 0.3 is 0 Å². The van der Waals surface area contributed by atoms with E-state index in [1.165, 1.54) is 0 Å². The molecule has 1 unspecified atom stereocenters. The summed E-state index contributed by atoms with van der Waals surface area (Å²) in [6.07, 6.45) is 0.971. The zero-order valence-corrected chi connectivity index (χ0v) is 13.6. The van der Waals surface area contributed by atoms with Crippen LogP contribution < -0.4 is 15.4 Å². The first-order chi connectivity index (χ1) is 10.8. The lowest BCUT2D eigenvalue weighted by molar-refractivity contribution is 0.0935. The number of rotatable bonds is 5. The third kappa shape index (κ3) is 4.71. The molecule has 3 rings (SSSR count). The van der Waals surface area contributed by atoms with Gasteiger partial charge in [0.05, 0.1) is 5.56 Å². The Hall–Kier alpha value is -2.04. The van der Waals surface area contributed by atoms with Crippen molar-refractivity contribution in [2.45, 2.75) is 19.1 Å². The summed E-state index contributed by atoms with van der Waals surface area (Å²) in [5, 5.41) is 6.30. The van der Waals surface area contributed by atoms with E-state index in [9.17, 15) is 4.79 Å². The summed E-state index contributed by atoms with van der Waals surface area (Å²) >= 11 is 0. The molecular weight excluding hydrogens is 312 g/mol. The third-order valence-electron chi connectivity index (χ3n) is 3.76. The van der Waals surface area contributed by atoms with Crippen LogP contribution in [-0.4, -0.2) is 25.0 Å². The molecule has 2 N–H and O–H groups in total. The van der Waals surface area contributed by atoms with E-state index in [0.29, 0.717) is 17.9 Å². The molecule has 1 fully saturated rings. The number of carbonyl (C=O) groups is 1. The Morgan fingerprint density at radius 1 is 1.13 bits per heavy atom. The predicted octanol–water partition coefficient (Wildman–Crippen LogP) is 2.78. The molecule has 1 heterocycles. The molecule has 2 aromatic carbocycles. The van der Waals surface area contributed by atoms with E-state index in [0.717, 1.165) is 25.1 Å². The van der Waals surface area contributed by atoms with Gasteiger partial charge in [-0.3, -0.25) is 4.79 Å². The quantitative estimate of drug-likeness (QED) is 0.885. The molecule has 0 spiro atoms. The summed E-state index contributed by atoms with van der Waals surface area (Å²) in [4.78, 5) is 12.4. The van der Waals surface area contributed by atoms with Crippen molar-refractivity contribution in [2.75, 3.05) is 13.1 Å². The van der Waals surface area contributed by atoms with Crippen molar-refractivity contribution < 1.29 is 9.53 Å². The Bertz CT molecular complexity index is 628. The first-order valence-corrected chi connectivity index (χ1v) is 7.60. The molecule has 0 aliphatic carbocycles. The highest BCUT2D eigenvalue weighted by molar-refractivity contribution is 5.97. The standard InChI is InChI=1S/C18H20N2O2.ClH/c21-18(20-15-10-11-19-12-15)16-8-4-5-9-17(16)22-13-14-6-2-1-3-7-14;/h1-9,15,19H,10-13H2,(H,20,21);1H. The van der Waals surface area contributed by atoms with Crippen molar-refractivity contribution >= 4 is 18.3 Å². The van der Waals surface area contributed by atoms with Crippen LogP contribution >= 0.6 is 12.4 Å². The smallest absolute Gasteiger partial charge is 0.255 e. The Kier molecular flexibility index (Phi) is 6.44. The highest BCUT2D eigenvalue weighted by Crippen LogP contribution is 2.19. The fourth-order valence-corrected chi connectivity index (χ4v) is 2.56. The van der Waals surface area contributed by atoms with Crippen LogP contribution in [0.3, 0.4) is 0 Å². The van der Waals surface area contributed by atoms with Gasteiger partial charge in [-0.25, -0.2) is 0 Å². The number of amides is 1. The van der Waals surface area contributed by atoms with Crippen molar-refractivity contribution in [3.05, 3.63) is 65.7 Å².